The largest absolute Gasteiger partial charge is 0.370 e. The fourth-order valence-electron chi connectivity index (χ4n) is 1.81. The molecule has 4 heteroatoms. The molecule has 1 heterocycles. The topological polar surface area (TPSA) is 26.3 Å². The number of carbonyl (C=O) groups is 1. The SMILES string of the molecule is O=C(Cc1cc(F)ccc1F)C1CCCO1. The molecule has 1 fully saturated rings. The van der Waals surface area contributed by atoms with Crippen molar-refractivity contribution in [1.82, 2.24) is 0 Å². The molecule has 1 saturated heterocycles. The third-order valence-electron chi connectivity index (χ3n) is 2.66. The molecule has 2 rings (SSSR count). The lowest BCUT2D eigenvalue weighted by atomic mass is 10.0. The highest BCUT2D eigenvalue weighted by Crippen LogP contribution is 2.17. The van der Waals surface area contributed by atoms with E-state index in [1.807, 2.05) is 0 Å². The molecule has 1 unspecified atom stereocenters. The lowest BCUT2D eigenvalue weighted by Gasteiger charge is -2.08. The summed E-state index contributed by atoms with van der Waals surface area (Å²) in [7, 11) is 0. The summed E-state index contributed by atoms with van der Waals surface area (Å²) >= 11 is 0. The maximum absolute atomic E-state index is 13.3. The van der Waals surface area contributed by atoms with Crippen molar-refractivity contribution < 1.29 is 18.3 Å². The molecule has 1 aromatic rings. The maximum Gasteiger partial charge on any atom is 0.166 e. The van der Waals surface area contributed by atoms with Gasteiger partial charge in [0.1, 0.15) is 17.7 Å². The summed E-state index contributed by atoms with van der Waals surface area (Å²) in [6.45, 7) is 0.571. The van der Waals surface area contributed by atoms with Crippen LogP contribution < -0.4 is 0 Å². The molecular formula is C12H12F2O2. The molecule has 0 saturated carbocycles. The Balaban J connectivity index is 2.07. The summed E-state index contributed by atoms with van der Waals surface area (Å²) in [6, 6.07) is 3.13. The molecular weight excluding hydrogens is 214 g/mol. The number of hydrogen-bond donors (Lipinski definition) is 0. The Kier molecular flexibility index (Phi) is 3.29. The lowest BCUT2D eigenvalue weighted by Crippen LogP contribution is -2.21. The van der Waals surface area contributed by atoms with E-state index in [1.54, 1.807) is 0 Å². The fourth-order valence-corrected chi connectivity index (χ4v) is 1.81. The van der Waals surface area contributed by atoms with Crippen molar-refractivity contribution in [3.8, 4) is 0 Å². The Morgan fingerprint density at radius 3 is 2.94 bits per heavy atom. The molecule has 0 N–H and O–H groups in total. The summed E-state index contributed by atoms with van der Waals surface area (Å²) in [5.74, 6) is -1.26. The van der Waals surface area contributed by atoms with E-state index in [0.717, 1.165) is 24.6 Å². The Bertz CT molecular complexity index is 398. The van der Waals surface area contributed by atoms with Crippen molar-refractivity contribution in [2.45, 2.75) is 25.4 Å². The van der Waals surface area contributed by atoms with Gasteiger partial charge < -0.3 is 4.74 Å². The standard InChI is InChI=1S/C12H12F2O2/c13-9-3-4-10(14)8(6-9)7-11(15)12-2-1-5-16-12/h3-4,6,12H,1-2,5,7H2. The monoisotopic (exact) mass is 226 g/mol. The molecule has 0 amide bonds. The van der Waals surface area contributed by atoms with Gasteiger partial charge in [-0.1, -0.05) is 0 Å². The quantitative estimate of drug-likeness (QED) is 0.790. The van der Waals surface area contributed by atoms with E-state index in [1.165, 1.54) is 0 Å². The summed E-state index contributed by atoms with van der Waals surface area (Å²) in [5, 5.41) is 0. The van der Waals surface area contributed by atoms with E-state index in [2.05, 4.69) is 0 Å². The van der Waals surface area contributed by atoms with Gasteiger partial charge in [0.25, 0.3) is 0 Å². The van der Waals surface area contributed by atoms with Crippen molar-refractivity contribution in [3.05, 3.63) is 35.4 Å². The van der Waals surface area contributed by atoms with Gasteiger partial charge >= 0.3 is 0 Å². The van der Waals surface area contributed by atoms with Gasteiger partial charge in [-0.05, 0) is 36.6 Å². The summed E-state index contributed by atoms with van der Waals surface area (Å²) in [4.78, 5) is 11.7. The smallest absolute Gasteiger partial charge is 0.166 e. The second-order valence-electron chi connectivity index (χ2n) is 3.88. The summed E-state index contributed by atoms with van der Waals surface area (Å²) in [5.41, 5.74) is 0.0977. The first-order valence-electron chi connectivity index (χ1n) is 5.25. The number of Topliss-reactive ketones (excluding diaryl/α,β-unsaturated/α-hetero) is 1. The van der Waals surface area contributed by atoms with Crippen LogP contribution in [0, 0.1) is 11.6 Å². The van der Waals surface area contributed by atoms with Crippen molar-refractivity contribution in [2.24, 2.45) is 0 Å². The number of ketones is 1. The van der Waals surface area contributed by atoms with Gasteiger partial charge in [-0.25, -0.2) is 8.78 Å². The molecule has 86 valence electrons. The first kappa shape index (κ1) is 11.2. The van der Waals surface area contributed by atoms with Gasteiger partial charge in [0.2, 0.25) is 0 Å². The molecule has 16 heavy (non-hydrogen) atoms. The Hall–Kier alpha value is -1.29. The van der Waals surface area contributed by atoms with Gasteiger partial charge in [-0.2, -0.15) is 0 Å². The average molecular weight is 226 g/mol. The molecule has 1 atom stereocenters. The highest BCUT2D eigenvalue weighted by Gasteiger charge is 2.24. The highest BCUT2D eigenvalue weighted by molar-refractivity contribution is 5.85. The van der Waals surface area contributed by atoms with Crippen LogP contribution in [0.25, 0.3) is 0 Å². The minimum absolute atomic E-state index is 0.0977. The second-order valence-corrected chi connectivity index (χ2v) is 3.88. The predicted molar refractivity (Wildman–Crippen MR) is 54.0 cm³/mol. The molecule has 0 radical (unpaired) electrons. The van der Waals surface area contributed by atoms with E-state index in [-0.39, 0.29) is 17.8 Å². The molecule has 1 aromatic carbocycles. The lowest BCUT2D eigenvalue weighted by molar-refractivity contribution is -0.127. The predicted octanol–water partition coefficient (Wildman–Crippen LogP) is 2.26. The third-order valence-corrected chi connectivity index (χ3v) is 2.66. The zero-order valence-corrected chi connectivity index (χ0v) is 8.71. The number of halogens is 2. The molecule has 0 aliphatic carbocycles. The normalized spacial score (nSPS) is 20.0. The van der Waals surface area contributed by atoms with Crippen LogP contribution >= 0.6 is 0 Å². The van der Waals surface area contributed by atoms with Crippen LogP contribution in [0.3, 0.4) is 0 Å². The van der Waals surface area contributed by atoms with Gasteiger partial charge in [0.15, 0.2) is 5.78 Å². The Labute approximate surface area is 92.2 Å². The molecule has 1 aliphatic heterocycles. The van der Waals surface area contributed by atoms with Gasteiger partial charge in [0, 0.05) is 13.0 Å². The Morgan fingerprint density at radius 1 is 1.44 bits per heavy atom. The zero-order chi connectivity index (χ0) is 11.5. The van der Waals surface area contributed by atoms with Crippen molar-refractivity contribution in [2.75, 3.05) is 6.61 Å². The van der Waals surface area contributed by atoms with Crippen LogP contribution in [0.4, 0.5) is 8.78 Å². The van der Waals surface area contributed by atoms with Crippen LogP contribution in [0.1, 0.15) is 18.4 Å². The number of hydrogen-bond acceptors (Lipinski definition) is 2. The van der Waals surface area contributed by atoms with Crippen molar-refractivity contribution in [3.63, 3.8) is 0 Å². The number of carbonyl (C=O) groups excluding carboxylic acids is 1. The van der Waals surface area contributed by atoms with Gasteiger partial charge in [0.05, 0.1) is 0 Å². The maximum atomic E-state index is 13.3. The van der Waals surface area contributed by atoms with E-state index in [9.17, 15) is 13.6 Å². The second kappa shape index (κ2) is 4.70. The molecule has 0 aromatic heterocycles. The van der Waals surface area contributed by atoms with Crippen LogP contribution in [-0.4, -0.2) is 18.5 Å². The number of ether oxygens (including phenoxy) is 1. The van der Waals surface area contributed by atoms with Crippen molar-refractivity contribution in [1.29, 1.82) is 0 Å². The van der Waals surface area contributed by atoms with Crippen LogP contribution in [0.15, 0.2) is 18.2 Å². The average Bonchev–Trinajstić information content (AvgIpc) is 2.76. The van der Waals surface area contributed by atoms with E-state index in [0.29, 0.717) is 13.0 Å². The minimum atomic E-state index is -0.548. The van der Waals surface area contributed by atoms with Crippen molar-refractivity contribution >= 4 is 5.78 Å². The third kappa shape index (κ3) is 2.44. The first-order chi connectivity index (χ1) is 7.66. The van der Waals surface area contributed by atoms with Gasteiger partial charge in [-0.3, -0.25) is 4.79 Å². The van der Waals surface area contributed by atoms with E-state index in [4.69, 9.17) is 4.74 Å². The fraction of sp³-hybridized carbons (Fsp3) is 0.417. The van der Waals surface area contributed by atoms with Gasteiger partial charge in [-0.15, -0.1) is 0 Å². The zero-order valence-electron chi connectivity index (χ0n) is 8.71. The molecule has 1 aliphatic rings. The first-order valence-corrected chi connectivity index (χ1v) is 5.25. The minimum Gasteiger partial charge on any atom is -0.370 e. The molecule has 0 spiro atoms. The molecule has 0 bridgehead atoms. The van der Waals surface area contributed by atoms with E-state index < -0.39 is 17.7 Å². The van der Waals surface area contributed by atoms with Crippen LogP contribution in [0.5, 0.6) is 0 Å². The Morgan fingerprint density at radius 2 is 2.25 bits per heavy atom. The van der Waals surface area contributed by atoms with E-state index >= 15 is 0 Å². The summed E-state index contributed by atoms with van der Waals surface area (Å²) in [6.07, 6.45) is 0.981. The highest BCUT2D eigenvalue weighted by atomic mass is 19.1. The summed E-state index contributed by atoms with van der Waals surface area (Å²) < 4.78 is 31.3. The molecule has 2 nitrogen and oxygen atoms in total. The number of benzene rings is 1. The number of rotatable bonds is 3. The van der Waals surface area contributed by atoms with Crippen LogP contribution in [0.2, 0.25) is 0 Å². The van der Waals surface area contributed by atoms with Crippen LogP contribution in [-0.2, 0) is 16.0 Å².